The number of alkyl halides is 3. The molecule has 2 aliphatic rings. The first-order valence-electron chi connectivity index (χ1n) is 15.8. The maximum Gasteiger partial charge on any atom is 0.404 e. The topological polar surface area (TPSA) is 74.8 Å². The fourth-order valence-electron chi connectivity index (χ4n) is 7.10. The molecular weight excluding hydrogens is 589 g/mol. The van der Waals surface area contributed by atoms with E-state index in [1.165, 1.54) is 24.3 Å². The van der Waals surface area contributed by atoms with Gasteiger partial charge in [0.1, 0.15) is 17.7 Å². The van der Waals surface area contributed by atoms with E-state index < -0.39 is 47.3 Å². The van der Waals surface area contributed by atoms with Crippen LogP contribution >= 0.6 is 0 Å². The summed E-state index contributed by atoms with van der Waals surface area (Å²) in [7, 11) is 1.69. The van der Waals surface area contributed by atoms with Gasteiger partial charge in [0.25, 0.3) is 5.91 Å². The van der Waals surface area contributed by atoms with Gasteiger partial charge in [0.15, 0.2) is 0 Å². The highest BCUT2D eigenvalue weighted by Gasteiger charge is 2.52. The van der Waals surface area contributed by atoms with E-state index in [2.05, 4.69) is 10.6 Å². The lowest BCUT2D eigenvalue weighted by Gasteiger charge is -2.48. The molecule has 1 saturated carbocycles. The van der Waals surface area contributed by atoms with E-state index in [0.717, 1.165) is 32.1 Å². The fraction of sp³-hybridized carbons (Fsp3) is 0.529. The van der Waals surface area contributed by atoms with Crippen molar-refractivity contribution in [1.29, 1.82) is 5.41 Å². The molecule has 2 fully saturated rings. The SMILES string of the molecule is Cc1cc([C@H](C)NC(=O)c2cc(Cn3ccn(C)c3=N)cc(C3CCC4(CCCCCCC4)NC3C(F)(F)F)c2F)ccc1F. The number of halogens is 5. The molecule has 11 heteroatoms. The van der Waals surface area contributed by atoms with Gasteiger partial charge in [-0.2, -0.15) is 13.2 Å². The average molecular weight is 632 g/mol. The number of amides is 1. The molecule has 1 amide bonds. The van der Waals surface area contributed by atoms with Gasteiger partial charge in [-0.15, -0.1) is 0 Å². The summed E-state index contributed by atoms with van der Waals surface area (Å²) in [4.78, 5) is 13.6. The highest BCUT2D eigenvalue weighted by molar-refractivity contribution is 5.95. The van der Waals surface area contributed by atoms with E-state index in [1.807, 2.05) is 0 Å². The van der Waals surface area contributed by atoms with Crippen molar-refractivity contribution < 1.29 is 26.7 Å². The molecule has 1 aromatic heterocycles. The number of nitrogens with zero attached hydrogens (tertiary/aromatic N) is 2. The lowest BCUT2D eigenvalue weighted by atomic mass is 9.71. The molecule has 2 aromatic carbocycles. The van der Waals surface area contributed by atoms with Gasteiger partial charge < -0.3 is 19.8 Å². The zero-order valence-corrected chi connectivity index (χ0v) is 26.0. The third-order valence-electron chi connectivity index (χ3n) is 9.72. The molecule has 3 N–H and O–H groups in total. The summed E-state index contributed by atoms with van der Waals surface area (Å²) in [5.41, 5.74) is 0.402. The fourth-order valence-corrected chi connectivity index (χ4v) is 7.10. The molecule has 5 rings (SSSR count). The zero-order chi connectivity index (χ0) is 32.5. The first-order valence-corrected chi connectivity index (χ1v) is 15.8. The first-order chi connectivity index (χ1) is 21.3. The number of aromatic nitrogens is 2. The summed E-state index contributed by atoms with van der Waals surface area (Å²) >= 11 is 0. The van der Waals surface area contributed by atoms with E-state index in [0.29, 0.717) is 36.0 Å². The Hall–Kier alpha value is -3.47. The summed E-state index contributed by atoms with van der Waals surface area (Å²) < 4.78 is 77.8. The van der Waals surface area contributed by atoms with Gasteiger partial charge in [0, 0.05) is 30.9 Å². The van der Waals surface area contributed by atoms with Crippen LogP contribution in [0, 0.1) is 24.0 Å². The number of nitrogens with one attached hydrogen (secondary N) is 3. The van der Waals surface area contributed by atoms with E-state index >= 15 is 4.39 Å². The number of hydrogen-bond acceptors (Lipinski definition) is 3. The van der Waals surface area contributed by atoms with Crippen LogP contribution in [0.4, 0.5) is 22.0 Å². The summed E-state index contributed by atoms with van der Waals surface area (Å²) in [6, 6.07) is 4.60. The standard InChI is InChI=1S/C34H42F5N5O/c1-21-17-24(9-10-28(21)35)22(2)41-31(45)27-19-23(20-44-16-15-43(3)32(44)40)18-26(29(27)36)25-11-14-33(42-30(25)34(37,38)39)12-7-5-4-6-8-13-33/h9-10,15-19,22,25,30,40,42H,4-8,11-14,20H2,1-3H3,(H,41,45)/t22-,25?,30?/m0/s1. The van der Waals surface area contributed by atoms with Gasteiger partial charge in [0.05, 0.1) is 18.2 Å². The Balaban J connectivity index is 1.53. The minimum Gasteiger partial charge on any atom is -0.345 e. The minimum absolute atomic E-state index is 0.0702. The molecule has 0 bridgehead atoms. The number of carbonyl (C=O) groups is 1. The molecule has 3 aromatic rings. The van der Waals surface area contributed by atoms with Gasteiger partial charge in [-0.1, -0.05) is 50.3 Å². The summed E-state index contributed by atoms with van der Waals surface area (Å²) in [5.74, 6) is -3.38. The minimum atomic E-state index is -4.64. The Morgan fingerprint density at radius 3 is 2.38 bits per heavy atom. The molecule has 2 heterocycles. The Bertz CT molecular complexity index is 1580. The zero-order valence-electron chi connectivity index (χ0n) is 26.0. The maximum atomic E-state index is 16.4. The monoisotopic (exact) mass is 631 g/mol. The number of imidazole rings is 1. The van der Waals surface area contributed by atoms with Crippen molar-refractivity contribution in [1.82, 2.24) is 19.8 Å². The highest BCUT2D eigenvalue weighted by atomic mass is 19.4. The number of hydrogen-bond donors (Lipinski definition) is 3. The van der Waals surface area contributed by atoms with E-state index in [9.17, 15) is 22.4 Å². The normalized spacial score (nSPS) is 21.2. The smallest absolute Gasteiger partial charge is 0.345 e. The Labute approximate surface area is 260 Å². The van der Waals surface area contributed by atoms with E-state index in [1.54, 1.807) is 48.5 Å². The van der Waals surface area contributed by atoms with Crippen LogP contribution in [0.25, 0.3) is 0 Å². The molecule has 1 aliphatic carbocycles. The van der Waals surface area contributed by atoms with Crippen molar-refractivity contribution in [2.24, 2.45) is 7.05 Å². The van der Waals surface area contributed by atoms with Gasteiger partial charge in [-0.05, 0) is 73.9 Å². The van der Waals surface area contributed by atoms with Crippen LogP contribution in [0.2, 0.25) is 0 Å². The third kappa shape index (κ3) is 7.18. The molecule has 1 aliphatic heterocycles. The largest absolute Gasteiger partial charge is 0.404 e. The lowest BCUT2D eigenvalue weighted by Crippen LogP contribution is -2.61. The van der Waals surface area contributed by atoms with Crippen LogP contribution in [-0.2, 0) is 13.6 Å². The van der Waals surface area contributed by atoms with Crippen LogP contribution in [-0.4, -0.2) is 32.8 Å². The van der Waals surface area contributed by atoms with Gasteiger partial charge in [0.2, 0.25) is 5.62 Å². The first kappa shape index (κ1) is 32.9. The van der Waals surface area contributed by atoms with E-state index in [4.69, 9.17) is 5.41 Å². The quantitative estimate of drug-likeness (QED) is 0.250. The maximum absolute atomic E-state index is 16.4. The molecule has 3 atom stereocenters. The molecule has 2 unspecified atom stereocenters. The summed E-state index contributed by atoms with van der Waals surface area (Å²) in [6.07, 6.45) is 5.39. The molecule has 6 nitrogen and oxygen atoms in total. The molecule has 45 heavy (non-hydrogen) atoms. The molecule has 1 saturated heterocycles. The van der Waals surface area contributed by atoms with Crippen molar-refractivity contribution in [3.8, 4) is 0 Å². The second-order valence-electron chi connectivity index (χ2n) is 13.0. The lowest BCUT2D eigenvalue weighted by molar-refractivity contribution is -0.174. The van der Waals surface area contributed by atoms with Crippen LogP contribution < -0.4 is 16.3 Å². The molecule has 0 radical (unpaired) electrons. The van der Waals surface area contributed by atoms with Crippen molar-refractivity contribution in [2.75, 3.05) is 0 Å². The Kier molecular flexibility index (Phi) is 9.58. The second kappa shape index (κ2) is 13.1. The van der Waals surface area contributed by atoms with Crippen molar-refractivity contribution >= 4 is 5.91 Å². The average Bonchev–Trinajstić information content (AvgIpc) is 3.29. The predicted octanol–water partition coefficient (Wildman–Crippen LogP) is 7.31. The number of carbonyl (C=O) groups excluding carboxylic acids is 1. The van der Waals surface area contributed by atoms with Crippen molar-refractivity contribution in [3.63, 3.8) is 0 Å². The van der Waals surface area contributed by atoms with Gasteiger partial charge in [-0.25, -0.2) is 8.78 Å². The number of piperidine rings is 1. The van der Waals surface area contributed by atoms with Crippen LogP contribution in [0.5, 0.6) is 0 Å². The Morgan fingerprint density at radius 1 is 1.07 bits per heavy atom. The van der Waals surface area contributed by atoms with Crippen LogP contribution in [0.15, 0.2) is 42.7 Å². The molecule has 1 spiro atoms. The number of aryl methyl sites for hydroxylation is 2. The summed E-state index contributed by atoms with van der Waals surface area (Å²) in [5, 5.41) is 14.1. The second-order valence-corrected chi connectivity index (χ2v) is 13.0. The van der Waals surface area contributed by atoms with Gasteiger partial charge in [-0.3, -0.25) is 10.2 Å². The highest BCUT2D eigenvalue weighted by Crippen LogP contribution is 2.46. The third-order valence-corrected chi connectivity index (χ3v) is 9.72. The Morgan fingerprint density at radius 2 is 1.76 bits per heavy atom. The summed E-state index contributed by atoms with van der Waals surface area (Å²) in [6.45, 7) is 3.35. The molecular formula is C34H42F5N5O. The number of benzene rings is 2. The van der Waals surface area contributed by atoms with Crippen LogP contribution in [0.1, 0.15) is 109 Å². The predicted molar refractivity (Wildman–Crippen MR) is 162 cm³/mol. The number of rotatable bonds is 6. The van der Waals surface area contributed by atoms with E-state index in [-0.39, 0.29) is 29.7 Å². The van der Waals surface area contributed by atoms with Crippen molar-refractivity contribution in [3.05, 3.63) is 87.8 Å². The van der Waals surface area contributed by atoms with Gasteiger partial charge >= 0.3 is 6.18 Å². The van der Waals surface area contributed by atoms with Crippen molar-refractivity contribution in [2.45, 2.75) is 108 Å². The van der Waals surface area contributed by atoms with Crippen LogP contribution in [0.3, 0.4) is 0 Å². The molecule has 244 valence electrons.